The van der Waals surface area contributed by atoms with Gasteiger partial charge in [-0.2, -0.15) is 10.2 Å². The Morgan fingerprint density at radius 3 is 2.63 bits per heavy atom. The van der Waals surface area contributed by atoms with Crippen LogP contribution in [0, 0.1) is 25.2 Å². The van der Waals surface area contributed by atoms with E-state index in [1.54, 1.807) is 35.6 Å². The van der Waals surface area contributed by atoms with Crippen molar-refractivity contribution in [3.8, 4) is 17.7 Å². The van der Waals surface area contributed by atoms with Crippen molar-refractivity contribution >= 4 is 21.6 Å². The highest BCUT2D eigenvalue weighted by Gasteiger charge is 2.20. The van der Waals surface area contributed by atoms with Gasteiger partial charge in [0.05, 0.1) is 30.2 Å². The highest BCUT2D eigenvalue weighted by atomic mass is 32.1. The minimum atomic E-state index is 0.592. The molecular formula is C20H21N4O2S+. The number of benzene rings is 1. The molecular weight excluding hydrogens is 360 g/mol. The minimum Gasteiger partial charge on any atom is -0.438 e. The number of hydrogen-bond donors (Lipinski definition) is 1. The number of quaternary nitrogens is 1. The van der Waals surface area contributed by atoms with Crippen molar-refractivity contribution in [3.63, 3.8) is 0 Å². The first-order valence-corrected chi connectivity index (χ1v) is 9.81. The zero-order valence-corrected chi connectivity index (χ0v) is 16.2. The fraction of sp³-hybridized carbons (Fsp3) is 0.350. The lowest BCUT2D eigenvalue weighted by atomic mass is 10.2. The average molecular weight is 381 g/mol. The van der Waals surface area contributed by atoms with Crippen LogP contribution in [0.2, 0.25) is 0 Å². The number of rotatable bonds is 4. The topological polar surface area (TPSA) is 72.5 Å². The SMILES string of the molecule is Cc1sc2nc(C[NH+]3CCOCC3)nc(Oc3ccc(C#N)cc3)c2c1C. The summed E-state index contributed by atoms with van der Waals surface area (Å²) < 4.78 is 11.6. The molecule has 6 nitrogen and oxygen atoms in total. The molecule has 0 spiro atoms. The Hall–Kier alpha value is -2.53. The second-order valence-corrected chi connectivity index (χ2v) is 7.89. The quantitative estimate of drug-likeness (QED) is 0.751. The molecule has 1 aliphatic rings. The first-order valence-electron chi connectivity index (χ1n) is 9.00. The third-order valence-corrected chi connectivity index (χ3v) is 5.95. The van der Waals surface area contributed by atoms with Crippen LogP contribution >= 0.6 is 11.3 Å². The van der Waals surface area contributed by atoms with Crippen LogP contribution in [0.3, 0.4) is 0 Å². The minimum absolute atomic E-state index is 0.592. The highest BCUT2D eigenvalue weighted by molar-refractivity contribution is 7.18. The first kappa shape index (κ1) is 17.9. The molecule has 3 aromatic rings. The Bertz CT molecular complexity index is 1000. The molecule has 4 rings (SSSR count). The van der Waals surface area contributed by atoms with Gasteiger partial charge in [0.2, 0.25) is 5.88 Å². The van der Waals surface area contributed by atoms with E-state index >= 15 is 0 Å². The van der Waals surface area contributed by atoms with Crippen LogP contribution in [0.4, 0.5) is 0 Å². The van der Waals surface area contributed by atoms with Crippen molar-refractivity contribution in [2.24, 2.45) is 0 Å². The van der Waals surface area contributed by atoms with Gasteiger partial charge in [0, 0.05) is 4.88 Å². The van der Waals surface area contributed by atoms with Gasteiger partial charge < -0.3 is 14.4 Å². The Labute approximate surface area is 162 Å². The van der Waals surface area contributed by atoms with Crippen LogP contribution in [0.25, 0.3) is 10.2 Å². The van der Waals surface area contributed by atoms with Crippen LogP contribution in [0.15, 0.2) is 24.3 Å². The van der Waals surface area contributed by atoms with E-state index < -0.39 is 0 Å². The van der Waals surface area contributed by atoms with Gasteiger partial charge in [0.25, 0.3) is 0 Å². The molecule has 138 valence electrons. The number of fused-ring (bicyclic) bond motifs is 1. The number of aryl methyl sites for hydroxylation is 2. The summed E-state index contributed by atoms with van der Waals surface area (Å²) in [7, 11) is 0. The summed E-state index contributed by atoms with van der Waals surface area (Å²) >= 11 is 1.68. The molecule has 3 heterocycles. The number of morpholine rings is 1. The van der Waals surface area contributed by atoms with Crippen molar-refractivity contribution in [1.82, 2.24) is 9.97 Å². The van der Waals surface area contributed by atoms with E-state index in [-0.39, 0.29) is 0 Å². The van der Waals surface area contributed by atoms with Crippen LogP contribution in [-0.2, 0) is 11.3 Å². The predicted octanol–water partition coefficient (Wildman–Crippen LogP) is 2.39. The molecule has 0 saturated carbocycles. The molecule has 7 heteroatoms. The second-order valence-electron chi connectivity index (χ2n) is 6.69. The number of hydrogen-bond acceptors (Lipinski definition) is 6. The number of ether oxygens (including phenoxy) is 2. The Kier molecular flexibility index (Phi) is 5.03. The molecule has 1 aliphatic heterocycles. The first-order chi connectivity index (χ1) is 13.1. The Morgan fingerprint density at radius 1 is 1.19 bits per heavy atom. The van der Waals surface area contributed by atoms with E-state index in [0.29, 0.717) is 17.2 Å². The lowest BCUT2D eigenvalue weighted by Crippen LogP contribution is -3.12. The van der Waals surface area contributed by atoms with Gasteiger partial charge in [-0.25, -0.2) is 4.98 Å². The molecule has 1 aromatic carbocycles. The van der Waals surface area contributed by atoms with Crippen LogP contribution < -0.4 is 9.64 Å². The highest BCUT2D eigenvalue weighted by Crippen LogP contribution is 2.36. The van der Waals surface area contributed by atoms with E-state index in [2.05, 4.69) is 19.9 Å². The molecule has 0 atom stereocenters. The van der Waals surface area contributed by atoms with Crippen LogP contribution in [0.5, 0.6) is 11.6 Å². The molecule has 1 fully saturated rings. The third-order valence-electron chi connectivity index (χ3n) is 4.85. The molecule has 1 N–H and O–H groups in total. The molecule has 1 saturated heterocycles. The molecule has 0 amide bonds. The van der Waals surface area contributed by atoms with Gasteiger partial charge in [-0.05, 0) is 43.7 Å². The van der Waals surface area contributed by atoms with Gasteiger partial charge in [-0.15, -0.1) is 11.3 Å². The largest absolute Gasteiger partial charge is 0.438 e. The molecule has 2 aromatic heterocycles. The summed E-state index contributed by atoms with van der Waals surface area (Å²) in [6.45, 7) is 8.44. The van der Waals surface area contributed by atoms with E-state index in [4.69, 9.17) is 24.7 Å². The van der Waals surface area contributed by atoms with Gasteiger partial charge in [-0.3, -0.25) is 0 Å². The Balaban J connectivity index is 1.70. The van der Waals surface area contributed by atoms with Gasteiger partial charge in [0.15, 0.2) is 5.82 Å². The molecule has 27 heavy (non-hydrogen) atoms. The molecule has 0 bridgehead atoms. The monoisotopic (exact) mass is 381 g/mol. The maximum Gasteiger partial charge on any atom is 0.231 e. The standard InChI is InChI=1S/C20H20N4O2S/c1-13-14(2)27-20-18(13)19(26-16-5-3-15(11-21)4-6-16)22-17(23-20)12-24-7-9-25-10-8-24/h3-6H,7-10,12H2,1-2H3/p+1. The zero-order valence-electron chi connectivity index (χ0n) is 15.4. The second kappa shape index (κ2) is 7.61. The van der Waals surface area contributed by atoms with Gasteiger partial charge in [-0.1, -0.05) is 0 Å². The summed E-state index contributed by atoms with van der Waals surface area (Å²) in [6, 6.07) is 9.22. The van der Waals surface area contributed by atoms with Gasteiger partial charge in [0.1, 0.15) is 30.2 Å². The summed E-state index contributed by atoms with van der Waals surface area (Å²) in [5.41, 5.74) is 1.76. The summed E-state index contributed by atoms with van der Waals surface area (Å²) in [5, 5.41) is 9.94. The van der Waals surface area contributed by atoms with E-state index in [9.17, 15) is 0 Å². The normalized spacial score (nSPS) is 15.0. The van der Waals surface area contributed by atoms with Crippen molar-refractivity contribution in [2.75, 3.05) is 26.3 Å². The van der Waals surface area contributed by atoms with E-state index in [1.807, 2.05) is 0 Å². The lowest BCUT2D eigenvalue weighted by Gasteiger charge is -2.23. The number of nitrogens with zero attached hydrogens (tertiary/aromatic N) is 3. The molecule has 0 radical (unpaired) electrons. The predicted molar refractivity (Wildman–Crippen MR) is 103 cm³/mol. The van der Waals surface area contributed by atoms with Crippen molar-refractivity contribution < 1.29 is 14.4 Å². The number of aromatic nitrogens is 2. The number of nitrogens with one attached hydrogen (secondary N) is 1. The summed E-state index contributed by atoms with van der Waals surface area (Å²) in [6.07, 6.45) is 0. The van der Waals surface area contributed by atoms with Crippen molar-refractivity contribution in [1.29, 1.82) is 5.26 Å². The van der Waals surface area contributed by atoms with Crippen LogP contribution in [-0.4, -0.2) is 36.3 Å². The van der Waals surface area contributed by atoms with E-state index in [0.717, 1.165) is 54.5 Å². The fourth-order valence-electron chi connectivity index (χ4n) is 3.18. The smallest absolute Gasteiger partial charge is 0.231 e. The number of thiophene rings is 1. The maximum absolute atomic E-state index is 8.97. The summed E-state index contributed by atoms with van der Waals surface area (Å²) in [4.78, 5) is 13.2. The fourth-order valence-corrected chi connectivity index (χ4v) is 4.22. The summed E-state index contributed by atoms with van der Waals surface area (Å²) in [5.74, 6) is 2.06. The lowest BCUT2D eigenvalue weighted by molar-refractivity contribution is -0.922. The average Bonchev–Trinajstić information content (AvgIpc) is 2.97. The van der Waals surface area contributed by atoms with Crippen molar-refractivity contribution in [3.05, 3.63) is 46.1 Å². The molecule has 0 aliphatic carbocycles. The number of nitriles is 1. The van der Waals surface area contributed by atoms with Crippen molar-refractivity contribution in [2.45, 2.75) is 20.4 Å². The zero-order chi connectivity index (χ0) is 18.8. The third kappa shape index (κ3) is 3.78. The maximum atomic E-state index is 8.97. The van der Waals surface area contributed by atoms with Gasteiger partial charge >= 0.3 is 0 Å². The molecule has 0 unspecified atom stereocenters. The van der Waals surface area contributed by atoms with E-state index in [1.165, 1.54) is 9.78 Å². The Morgan fingerprint density at radius 2 is 1.93 bits per heavy atom. The van der Waals surface area contributed by atoms with Crippen LogP contribution in [0.1, 0.15) is 21.8 Å².